The summed E-state index contributed by atoms with van der Waals surface area (Å²) in [7, 11) is 2.05. The molecule has 1 aliphatic rings. The van der Waals surface area contributed by atoms with Gasteiger partial charge in [-0.3, -0.25) is 4.98 Å². The van der Waals surface area contributed by atoms with Gasteiger partial charge < -0.3 is 10.1 Å². The predicted octanol–water partition coefficient (Wildman–Crippen LogP) is 2.92. The highest BCUT2D eigenvalue weighted by molar-refractivity contribution is 5.82. The summed E-state index contributed by atoms with van der Waals surface area (Å²) in [5, 5.41) is 4.76. The molecule has 3 nitrogen and oxygen atoms in total. The van der Waals surface area contributed by atoms with Gasteiger partial charge in [0.1, 0.15) is 0 Å². The lowest BCUT2D eigenvalue weighted by Gasteiger charge is -2.31. The minimum Gasteiger partial charge on any atom is -0.381 e. The van der Waals surface area contributed by atoms with Crippen LogP contribution in [-0.2, 0) is 4.74 Å². The average molecular weight is 256 g/mol. The average Bonchev–Trinajstić information content (AvgIpc) is 2.49. The minimum atomic E-state index is 0.386. The van der Waals surface area contributed by atoms with E-state index in [1.807, 2.05) is 12.3 Å². The number of hydrogen-bond acceptors (Lipinski definition) is 3. The van der Waals surface area contributed by atoms with Gasteiger partial charge in [0.25, 0.3) is 0 Å². The zero-order chi connectivity index (χ0) is 13.1. The fourth-order valence-corrected chi connectivity index (χ4v) is 3.08. The van der Waals surface area contributed by atoms with Gasteiger partial charge >= 0.3 is 0 Å². The van der Waals surface area contributed by atoms with Crippen LogP contribution in [0.5, 0.6) is 0 Å². The van der Waals surface area contributed by atoms with E-state index in [-0.39, 0.29) is 0 Å². The maximum atomic E-state index is 5.48. The zero-order valence-electron chi connectivity index (χ0n) is 11.3. The van der Waals surface area contributed by atoms with E-state index in [1.165, 1.54) is 10.9 Å². The first-order chi connectivity index (χ1) is 9.40. The number of benzene rings is 1. The number of fused-ring (bicyclic) bond motifs is 1. The Morgan fingerprint density at radius 2 is 2.00 bits per heavy atom. The number of ether oxygens (including phenoxy) is 1. The molecule has 0 bridgehead atoms. The molecule has 1 unspecified atom stereocenters. The fourth-order valence-electron chi connectivity index (χ4n) is 3.08. The summed E-state index contributed by atoms with van der Waals surface area (Å²) >= 11 is 0. The van der Waals surface area contributed by atoms with Crippen molar-refractivity contribution < 1.29 is 4.74 Å². The van der Waals surface area contributed by atoms with E-state index in [0.717, 1.165) is 31.6 Å². The van der Waals surface area contributed by atoms with E-state index in [9.17, 15) is 0 Å². The lowest BCUT2D eigenvalue weighted by molar-refractivity contribution is 0.0548. The van der Waals surface area contributed by atoms with Gasteiger partial charge in [-0.25, -0.2) is 0 Å². The Labute approximate surface area is 114 Å². The first-order valence-electron chi connectivity index (χ1n) is 6.99. The molecule has 3 heteroatoms. The van der Waals surface area contributed by atoms with Crippen LogP contribution in [0.1, 0.15) is 24.4 Å². The van der Waals surface area contributed by atoms with Crippen molar-refractivity contribution in [1.82, 2.24) is 10.3 Å². The molecular formula is C16H20N2O. The second kappa shape index (κ2) is 5.68. The van der Waals surface area contributed by atoms with E-state index in [4.69, 9.17) is 4.74 Å². The van der Waals surface area contributed by atoms with Crippen LogP contribution in [0, 0.1) is 5.92 Å². The van der Waals surface area contributed by atoms with Crippen molar-refractivity contribution in [3.8, 4) is 0 Å². The molecule has 0 spiro atoms. The quantitative estimate of drug-likeness (QED) is 0.917. The standard InChI is InChI=1S/C16H20N2O/c1-17-16(12-7-10-19-11-8-12)14-6-9-18-15-5-3-2-4-13(14)15/h2-6,9,12,16-17H,7-8,10-11H2,1H3. The molecule has 2 heterocycles. The van der Waals surface area contributed by atoms with Crippen molar-refractivity contribution in [3.05, 3.63) is 42.1 Å². The molecule has 1 atom stereocenters. The summed E-state index contributed by atoms with van der Waals surface area (Å²) in [6.45, 7) is 1.76. The van der Waals surface area contributed by atoms with Crippen molar-refractivity contribution in [2.75, 3.05) is 20.3 Å². The fraction of sp³-hybridized carbons (Fsp3) is 0.438. The molecule has 19 heavy (non-hydrogen) atoms. The first kappa shape index (κ1) is 12.6. The molecule has 1 aliphatic heterocycles. The Balaban J connectivity index is 2.00. The highest BCUT2D eigenvalue weighted by atomic mass is 16.5. The van der Waals surface area contributed by atoms with E-state index >= 15 is 0 Å². The molecule has 2 aromatic rings. The maximum absolute atomic E-state index is 5.48. The molecule has 1 aromatic carbocycles. The third-order valence-electron chi connectivity index (χ3n) is 4.07. The van der Waals surface area contributed by atoms with Crippen LogP contribution in [0.25, 0.3) is 10.9 Å². The zero-order valence-corrected chi connectivity index (χ0v) is 11.3. The van der Waals surface area contributed by atoms with Crippen LogP contribution in [0.2, 0.25) is 0 Å². The summed E-state index contributed by atoms with van der Waals surface area (Å²) in [5.74, 6) is 0.643. The normalized spacial score (nSPS) is 18.6. The van der Waals surface area contributed by atoms with Crippen molar-refractivity contribution >= 4 is 10.9 Å². The van der Waals surface area contributed by atoms with Crippen molar-refractivity contribution in [1.29, 1.82) is 0 Å². The van der Waals surface area contributed by atoms with Crippen LogP contribution in [0.3, 0.4) is 0 Å². The predicted molar refractivity (Wildman–Crippen MR) is 77.1 cm³/mol. The highest BCUT2D eigenvalue weighted by Crippen LogP contribution is 2.33. The monoisotopic (exact) mass is 256 g/mol. The largest absolute Gasteiger partial charge is 0.381 e. The smallest absolute Gasteiger partial charge is 0.0705 e. The topological polar surface area (TPSA) is 34.2 Å². The Kier molecular flexibility index (Phi) is 3.76. The SMILES string of the molecule is CNC(c1ccnc2ccccc12)C1CCOCC1. The van der Waals surface area contributed by atoms with Crippen LogP contribution in [-0.4, -0.2) is 25.2 Å². The molecule has 1 saturated heterocycles. The molecule has 100 valence electrons. The van der Waals surface area contributed by atoms with Gasteiger partial charge in [-0.05, 0) is 43.5 Å². The molecule has 1 N–H and O–H groups in total. The Morgan fingerprint density at radius 1 is 1.21 bits per heavy atom. The number of nitrogens with one attached hydrogen (secondary N) is 1. The van der Waals surface area contributed by atoms with Gasteiger partial charge in [-0.1, -0.05) is 18.2 Å². The van der Waals surface area contributed by atoms with Crippen molar-refractivity contribution in [2.24, 2.45) is 5.92 Å². The molecule has 3 rings (SSSR count). The molecule has 1 aromatic heterocycles. The Bertz CT molecular complexity index is 544. The lowest BCUT2D eigenvalue weighted by atomic mass is 9.86. The number of hydrogen-bond donors (Lipinski definition) is 1. The third-order valence-corrected chi connectivity index (χ3v) is 4.07. The second-order valence-corrected chi connectivity index (χ2v) is 5.13. The molecular weight excluding hydrogens is 236 g/mol. The third kappa shape index (κ3) is 2.48. The van der Waals surface area contributed by atoms with Gasteiger partial charge in [0.2, 0.25) is 0 Å². The van der Waals surface area contributed by atoms with E-state index in [2.05, 4.69) is 41.6 Å². The number of aromatic nitrogens is 1. The number of pyridine rings is 1. The van der Waals surface area contributed by atoms with Crippen molar-refractivity contribution in [2.45, 2.75) is 18.9 Å². The minimum absolute atomic E-state index is 0.386. The number of para-hydroxylation sites is 1. The van der Waals surface area contributed by atoms with Gasteiger partial charge in [0.05, 0.1) is 5.52 Å². The van der Waals surface area contributed by atoms with Gasteiger partial charge in [0.15, 0.2) is 0 Å². The van der Waals surface area contributed by atoms with E-state index in [1.54, 1.807) is 0 Å². The highest BCUT2D eigenvalue weighted by Gasteiger charge is 2.25. The molecule has 0 amide bonds. The number of rotatable bonds is 3. The van der Waals surface area contributed by atoms with Gasteiger partial charge in [-0.15, -0.1) is 0 Å². The van der Waals surface area contributed by atoms with Crippen LogP contribution in [0.15, 0.2) is 36.5 Å². The lowest BCUT2D eigenvalue weighted by Crippen LogP contribution is -2.30. The number of nitrogens with zero attached hydrogens (tertiary/aromatic N) is 1. The summed E-state index contributed by atoms with van der Waals surface area (Å²) in [6, 6.07) is 10.9. The first-order valence-corrected chi connectivity index (χ1v) is 6.99. The molecule has 0 radical (unpaired) electrons. The molecule has 0 saturated carbocycles. The maximum Gasteiger partial charge on any atom is 0.0705 e. The van der Waals surface area contributed by atoms with Crippen molar-refractivity contribution in [3.63, 3.8) is 0 Å². The summed E-state index contributed by atoms with van der Waals surface area (Å²) in [4.78, 5) is 4.45. The Morgan fingerprint density at radius 3 is 2.79 bits per heavy atom. The van der Waals surface area contributed by atoms with E-state index < -0.39 is 0 Å². The molecule has 0 aliphatic carbocycles. The van der Waals surface area contributed by atoms with Crippen LogP contribution in [0.4, 0.5) is 0 Å². The second-order valence-electron chi connectivity index (χ2n) is 5.13. The summed E-state index contributed by atoms with van der Waals surface area (Å²) in [6.07, 6.45) is 4.17. The molecule has 1 fully saturated rings. The van der Waals surface area contributed by atoms with Gasteiger partial charge in [-0.2, -0.15) is 0 Å². The van der Waals surface area contributed by atoms with Crippen LogP contribution < -0.4 is 5.32 Å². The Hall–Kier alpha value is -1.45. The summed E-state index contributed by atoms with van der Waals surface area (Å²) < 4.78 is 5.48. The summed E-state index contributed by atoms with van der Waals surface area (Å²) in [5.41, 5.74) is 2.44. The van der Waals surface area contributed by atoms with Gasteiger partial charge in [0, 0.05) is 30.8 Å². The van der Waals surface area contributed by atoms with E-state index in [0.29, 0.717) is 12.0 Å². The van der Waals surface area contributed by atoms with Crippen LogP contribution >= 0.6 is 0 Å².